The number of benzene rings is 8. The Bertz CT molecular complexity index is 2740. The molecule has 240 valence electrons. The highest BCUT2D eigenvalue weighted by Gasteiger charge is 2.23. The zero-order chi connectivity index (χ0) is 33.7. The molecule has 2 heterocycles. The fourth-order valence-electron chi connectivity index (χ4n) is 7.84. The van der Waals surface area contributed by atoms with E-state index in [0.717, 1.165) is 28.4 Å². The molecule has 8 aromatic carbocycles. The number of hydrogen-bond acceptors (Lipinski definition) is 1. The monoisotopic (exact) mass is 651 g/mol. The SMILES string of the molecule is c1ccc(N(c2ccccc2)c2cc(-c3ccc(-n4c5ccccc5c5ccccc54)cc3)cc3c4ccccc4n(-c4ccccc4)c23)cc1. The summed E-state index contributed by atoms with van der Waals surface area (Å²) < 4.78 is 4.80. The Labute approximate surface area is 296 Å². The van der Waals surface area contributed by atoms with Gasteiger partial charge >= 0.3 is 0 Å². The molecule has 0 atom stereocenters. The van der Waals surface area contributed by atoms with Crippen molar-refractivity contribution in [3.8, 4) is 22.5 Å². The number of anilines is 3. The molecule has 0 radical (unpaired) electrons. The maximum absolute atomic E-state index is 2.42. The van der Waals surface area contributed by atoms with Crippen LogP contribution in [0.15, 0.2) is 200 Å². The molecule has 10 aromatic rings. The van der Waals surface area contributed by atoms with Gasteiger partial charge in [-0.05, 0) is 90.0 Å². The van der Waals surface area contributed by atoms with Crippen LogP contribution in [0.3, 0.4) is 0 Å². The molecular weight excluding hydrogens is 619 g/mol. The summed E-state index contributed by atoms with van der Waals surface area (Å²) in [5.74, 6) is 0. The molecule has 2 aromatic heterocycles. The molecule has 0 aliphatic rings. The lowest BCUT2D eigenvalue weighted by Gasteiger charge is -2.27. The van der Waals surface area contributed by atoms with Crippen molar-refractivity contribution in [1.29, 1.82) is 0 Å². The largest absolute Gasteiger partial charge is 0.309 e. The zero-order valence-electron chi connectivity index (χ0n) is 27.9. The van der Waals surface area contributed by atoms with Gasteiger partial charge in [-0.1, -0.05) is 121 Å². The van der Waals surface area contributed by atoms with Crippen molar-refractivity contribution >= 4 is 60.7 Å². The van der Waals surface area contributed by atoms with E-state index in [1.807, 2.05) is 0 Å². The maximum Gasteiger partial charge on any atom is 0.0782 e. The Hall–Kier alpha value is -6.84. The number of hydrogen-bond donors (Lipinski definition) is 0. The molecule has 0 N–H and O–H groups in total. The van der Waals surface area contributed by atoms with Crippen LogP contribution in [-0.2, 0) is 0 Å². The van der Waals surface area contributed by atoms with E-state index in [0.29, 0.717) is 0 Å². The van der Waals surface area contributed by atoms with Gasteiger partial charge in [-0.3, -0.25) is 0 Å². The lowest BCUT2D eigenvalue weighted by molar-refractivity contribution is 1.17. The van der Waals surface area contributed by atoms with Crippen molar-refractivity contribution in [3.63, 3.8) is 0 Å². The van der Waals surface area contributed by atoms with Gasteiger partial charge in [0.05, 0.1) is 27.8 Å². The minimum Gasteiger partial charge on any atom is -0.309 e. The van der Waals surface area contributed by atoms with Gasteiger partial charge in [0.25, 0.3) is 0 Å². The fraction of sp³-hybridized carbons (Fsp3) is 0. The highest BCUT2D eigenvalue weighted by molar-refractivity contribution is 6.16. The van der Waals surface area contributed by atoms with E-state index >= 15 is 0 Å². The smallest absolute Gasteiger partial charge is 0.0782 e. The molecule has 0 unspecified atom stereocenters. The average Bonchev–Trinajstić information content (AvgIpc) is 3.72. The average molecular weight is 652 g/mol. The lowest BCUT2D eigenvalue weighted by atomic mass is 10.00. The molecular formula is C48H33N3. The van der Waals surface area contributed by atoms with E-state index in [-0.39, 0.29) is 0 Å². The number of rotatable bonds is 6. The molecule has 0 saturated carbocycles. The Morgan fingerprint density at radius 2 is 0.745 bits per heavy atom. The Morgan fingerprint density at radius 1 is 0.314 bits per heavy atom. The standard InChI is InChI=1S/C48H33N3/c1-4-16-36(17-5-1)49(37-18-6-2-7-19-37)47-33-35(32-43-42-24-12-15-27-46(42)51(48(43)47)38-20-8-3-9-21-38)34-28-30-39(31-29-34)50-44-25-13-10-22-40(44)41-23-11-14-26-45(41)50/h1-33H. The molecule has 3 nitrogen and oxygen atoms in total. The minimum absolute atomic E-state index is 1.11. The van der Waals surface area contributed by atoms with E-state index in [2.05, 4.69) is 214 Å². The van der Waals surface area contributed by atoms with Crippen molar-refractivity contribution in [2.45, 2.75) is 0 Å². The van der Waals surface area contributed by atoms with E-state index < -0.39 is 0 Å². The van der Waals surface area contributed by atoms with Crippen LogP contribution in [0.1, 0.15) is 0 Å². The Kier molecular flexibility index (Phi) is 6.81. The Balaban J connectivity index is 1.24. The van der Waals surface area contributed by atoms with Crippen LogP contribution < -0.4 is 4.90 Å². The van der Waals surface area contributed by atoms with Crippen LogP contribution in [0.2, 0.25) is 0 Å². The summed E-state index contributed by atoms with van der Waals surface area (Å²) in [7, 11) is 0. The van der Waals surface area contributed by atoms with Crippen molar-refractivity contribution in [2.75, 3.05) is 4.90 Å². The summed E-state index contributed by atoms with van der Waals surface area (Å²) in [6.45, 7) is 0. The summed E-state index contributed by atoms with van der Waals surface area (Å²) in [4.78, 5) is 2.40. The first-order valence-electron chi connectivity index (χ1n) is 17.5. The third-order valence-corrected chi connectivity index (χ3v) is 10.1. The lowest BCUT2D eigenvalue weighted by Crippen LogP contribution is -2.11. The molecule has 0 fully saturated rings. The van der Waals surface area contributed by atoms with Crippen LogP contribution in [0.4, 0.5) is 17.1 Å². The van der Waals surface area contributed by atoms with Gasteiger partial charge in [0.15, 0.2) is 0 Å². The maximum atomic E-state index is 2.42. The van der Waals surface area contributed by atoms with Crippen LogP contribution >= 0.6 is 0 Å². The highest BCUT2D eigenvalue weighted by Crippen LogP contribution is 2.45. The second-order valence-electron chi connectivity index (χ2n) is 13.0. The predicted molar refractivity (Wildman–Crippen MR) is 215 cm³/mol. The molecule has 51 heavy (non-hydrogen) atoms. The van der Waals surface area contributed by atoms with E-state index in [9.17, 15) is 0 Å². The first kappa shape index (κ1) is 29.1. The topological polar surface area (TPSA) is 13.1 Å². The third-order valence-electron chi connectivity index (χ3n) is 10.1. The zero-order valence-corrected chi connectivity index (χ0v) is 27.9. The predicted octanol–water partition coefficient (Wildman–Crippen LogP) is 13.0. The van der Waals surface area contributed by atoms with Gasteiger partial charge in [-0.15, -0.1) is 0 Å². The van der Waals surface area contributed by atoms with Crippen LogP contribution in [0.5, 0.6) is 0 Å². The first-order chi connectivity index (χ1) is 25.3. The van der Waals surface area contributed by atoms with E-state index in [1.54, 1.807) is 0 Å². The van der Waals surface area contributed by atoms with Crippen LogP contribution in [-0.4, -0.2) is 9.13 Å². The highest BCUT2D eigenvalue weighted by atomic mass is 15.2. The normalized spacial score (nSPS) is 11.5. The summed E-state index contributed by atoms with van der Waals surface area (Å²) in [5.41, 5.74) is 12.7. The quantitative estimate of drug-likeness (QED) is 0.174. The van der Waals surface area contributed by atoms with Crippen molar-refractivity contribution in [2.24, 2.45) is 0 Å². The van der Waals surface area contributed by atoms with Crippen LogP contribution in [0.25, 0.3) is 66.1 Å². The van der Waals surface area contributed by atoms with Crippen molar-refractivity contribution in [3.05, 3.63) is 200 Å². The van der Waals surface area contributed by atoms with Gasteiger partial charge in [-0.2, -0.15) is 0 Å². The second kappa shape index (κ2) is 11.9. The number of nitrogens with zero attached hydrogens (tertiary/aromatic N) is 3. The van der Waals surface area contributed by atoms with E-state index in [1.165, 1.54) is 54.7 Å². The molecule has 0 saturated heterocycles. The summed E-state index contributed by atoms with van der Waals surface area (Å²) in [5, 5.41) is 4.97. The molecule has 3 heteroatoms. The molecule has 0 aliphatic heterocycles. The summed E-state index contributed by atoms with van der Waals surface area (Å²) in [6, 6.07) is 72.1. The van der Waals surface area contributed by atoms with Crippen molar-refractivity contribution in [1.82, 2.24) is 9.13 Å². The van der Waals surface area contributed by atoms with Gasteiger partial charge in [0.2, 0.25) is 0 Å². The van der Waals surface area contributed by atoms with E-state index in [4.69, 9.17) is 0 Å². The van der Waals surface area contributed by atoms with Gasteiger partial charge in [0.1, 0.15) is 0 Å². The number of para-hydroxylation sites is 6. The molecule has 0 amide bonds. The minimum atomic E-state index is 1.11. The van der Waals surface area contributed by atoms with Crippen LogP contribution in [0, 0.1) is 0 Å². The molecule has 0 bridgehead atoms. The number of fused-ring (bicyclic) bond motifs is 6. The fourth-order valence-corrected chi connectivity index (χ4v) is 7.84. The summed E-state index contributed by atoms with van der Waals surface area (Å²) >= 11 is 0. The summed E-state index contributed by atoms with van der Waals surface area (Å²) in [6.07, 6.45) is 0. The first-order valence-corrected chi connectivity index (χ1v) is 17.5. The van der Waals surface area contributed by atoms with Crippen molar-refractivity contribution < 1.29 is 0 Å². The number of aromatic nitrogens is 2. The van der Waals surface area contributed by atoms with Gasteiger partial charge in [-0.25, -0.2) is 0 Å². The molecule has 0 spiro atoms. The third kappa shape index (κ3) is 4.74. The molecule has 0 aliphatic carbocycles. The second-order valence-corrected chi connectivity index (χ2v) is 13.0. The Morgan fingerprint density at radius 3 is 1.29 bits per heavy atom. The van der Waals surface area contributed by atoms with Gasteiger partial charge in [0, 0.05) is 44.3 Å². The van der Waals surface area contributed by atoms with Gasteiger partial charge < -0.3 is 14.0 Å². The molecule has 10 rings (SSSR count).